The van der Waals surface area contributed by atoms with Crippen LogP contribution in [0.2, 0.25) is 0 Å². The van der Waals surface area contributed by atoms with Crippen LogP contribution >= 0.6 is 11.3 Å². The molecule has 3 aromatic rings. The monoisotopic (exact) mass is 486 g/mol. The van der Waals surface area contributed by atoms with Crippen molar-refractivity contribution >= 4 is 22.9 Å². The van der Waals surface area contributed by atoms with Crippen LogP contribution in [0.5, 0.6) is 0 Å². The van der Waals surface area contributed by atoms with E-state index in [1.807, 2.05) is 30.0 Å². The first-order chi connectivity index (χ1) is 17.2. The Morgan fingerprint density at radius 2 is 1.66 bits per heavy atom. The summed E-state index contributed by atoms with van der Waals surface area (Å²) in [5, 5.41) is 0.937. The number of piperazine rings is 1. The van der Waals surface area contributed by atoms with Crippen LogP contribution in [0.25, 0.3) is 10.4 Å². The van der Waals surface area contributed by atoms with Gasteiger partial charge in [-0.05, 0) is 61.4 Å². The van der Waals surface area contributed by atoms with E-state index in [1.165, 1.54) is 55.6 Å². The van der Waals surface area contributed by atoms with Crippen molar-refractivity contribution in [3.63, 3.8) is 0 Å². The number of carbonyl (C=O) groups is 1. The lowest BCUT2D eigenvalue weighted by Gasteiger charge is -2.36. The quantitative estimate of drug-likeness (QED) is 0.518. The molecule has 2 aromatic carbocycles. The van der Waals surface area contributed by atoms with Crippen molar-refractivity contribution in [1.29, 1.82) is 0 Å². The second kappa shape index (κ2) is 9.75. The number of carbonyl (C=O) groups excluding carboxylic acids is 1. The Balaban J connectivity index is 1.12. The minimum Gasteiger partial charge on any atom is -0.368 e. The zero-order valence-electron chi connectivity index (χ0n) is 20.6. The van der Waals surface area contributed by atoms with Gasteiger partial charge in [0.05, 0.1) is 9.88 Å². The highest BCUT2D eigenvalue weighted by molar-refractivity contribution is 7.15. The summed E-state index contributed by atoms with van der Waals surface area (Å²) in [6.07, 6.45) is 6.51. The minimum absolute atomic E-state index is 0.0610. The highest BCUT2D eigenvalue weighted by Crippen LogP contribution is 2.32. The maximum atomic E-state index is 13.4. The molecule has 182 valence electrons. The molecule has 35 heavy (non-hydrogen) atoms. The minimum atomic E-state index is 0.0610. The van der Waals surface area contributed by atoms with Gasteiger partial charge in [0.25, 0.3) is 5.91 Å². The standard InChI is InChI=1S/C29H34N4OS/c1-21-30-27(28(35-21)23-6-3-2-4-7-23)29(34)33-18-16-32(17-19-33)26-11-10-22-12-14-31(25-8-5-9-25)15-13-24(22)20-26/h2-4,6-7,10-11,20,25H,5,8-9,12-19H2,1H3. The van der Waals surface area contributed by atoms with Gasteiger partial charge in [-0.3, -0.25) is 9.69 Å². The fourth-order valence-electron chi connectivity index (χ4n) is 5.72. The van der Waals surface area contributed by atoms with Crippen LogP contribution in [0.3, 0.4) is 0 Å². The lowest BCUT2D eigenvalue weighted by Crippen LogP contribution is -2.49. The normalized spacial score (nSPS) is 19.2. The Morgan fingerprint density at radius 3 is 2.37 bits per heavy atom. The second-order valence-corrected chi connectivity index (χ2v) is 11.3. The highest BCUT2D eigenvalue weighted by atomic mass is 32.1. The molecule has 6 heteroatoms. The van der Waals surface area contributed by atoms with Crippen LogP contribution in [0.1, 0.15) is 45.9 Å². The Hall–Kier alpha value is -2.70. The number of anilines is 1. The third-order valence-corrected chi connectivity index (χ3v) is 9.04. The summed E-state index contributed by atoms with van der Waals surface area (Å²) in [5.41, 5.74) is 6.03. The topological polar surface area (TPSA) is 39.7 Å². The Kier molecular flexibility index (Phi) is 6.33. The molecular formula is C29H34N4OS. The molecule has 0 N–H and O–H groups in total. The summed E-state index contributed by atoms with van der Waals surface area (Å²) in [6.45, 7) is 7.58. The number of amides is 1. The number of nitrogens with zero attached hydrogens (tertiary/aromatic N) is 4. The first-order valence-electron chi connectivity index (χ1n) is 13.1. The fourth-order valence-corrected chi connectivity index (χ4v) is 6.63. The van der Waals surface area contributed by atoms with E-state index in [1.54, 1.807) is 11.3 Å². The number of aromatic nitrogens is 1. The second-order valence-electron chi connectivity index (χ2n) is 10.1. The van der Waals surface area contributed by atoms with Gasteiger partial charge in [-0.1, -0.05) is 42.8 Å². The van der Waals surface area contributed by atoms with Gasteiger partial charge in [0.2, 0.25) is 0 Å². The van der Waals surface area contributed by atoms with E-state index in [4.69, 9.17) is 0 Å². The number of hydrogen-bond acceptors (Lipinski definition) is 5. The van der Waals surface area contributed by atoms with Gasteiger partial charge in [-0.2, -0.15) is 0 Å². The zero-order valence-corrected chi connectivity index (χ0v) is 21.4. The largest absolute Gasteiger partial charge is 0.368 e. The van der Waals surface area contributed by atoms with Crippen LogP contribution in [0.15, 0.2) is 48.5 Å². The third kappa shape index (κ3) is 4.62. The molecule has 0 bridgehead atoms. The van der Waals surface area contributed by atoms with Crippen molar-refractivity contribution < 1.29 is 4.79 Å². The van der Waals surface area contributed by atoms with E-state index in [2.05, 4.69) is 45.1 Å². The number of rotatable bonds is 4. The van der Waals surface area contributed by atoms with E-state index in [-0.39, 0.29) is 5.91 Å². The lowest BCUT2D eigenvalue weighted by molar-refractivity contribution is 0.0742. The third-order valence-electron chi connectivity index (χ3n) is 8.02. The maximum absolute atomic E-state index is 13.4. The van der Waals surface area contributed by atoms with Crippen molar-refractivity contribution in [2.45, 2.75) is 45.1 Å². The molecule has 5 nitrogen and oxygen atoms in total. The number of thiazole rings is 1. The summed E-state index contributed by atoms with van der Waals surface area (Å²) in [6, 6.07) is 18.1. The number of fused-ring (bicyclic) bond motifs is 1. The molecule has 1 amide bonds. The average Bonchev–Trinajstić information content (AvgIpc) is 3.14. The smallest absolute Gasteiger partial charge is 0.274 e. The summed E-state index contributed by atoms with van der Waals surface area (Å²) >= 11 is 1.61. The van der Waals surface area contributed by atoms with Crippen molar-refractivity contribution in [2.75, 3.05) is 44.2 Å². The molecule has 6 rings (SSSR count). The molecule has 1 aromatic heterocycles. The first-order valence-corrected chi connectivity index (χ1v) is 13.9. The molecular weight excluding hydrogens is 452 g/mol. The molecule has 2 fully saturated rings. The molecule has 0 radical (unpaired) electrons. The Labute approximate surface area is 212 Å². The molecule has 0 atom stereocenters. The van der Waals surface area contributed by atoms with Gasteiger partial charge in [-0.25, -0.2) is 4.98 Å². The van der Waals surface area contributed by atoms with Gasteiger partial charge in [0.15, 0.2) is 0 Å². The Morgan fingerprint density at radius 1 is 0.914 bits per heavy atom. The summed E-state index contributed by atoms with van der Waals surface area (Å²) in [7, 11) is 0. The van der Waals surface area contributed by atoms with Gasteiger partial charge >= 0.3 is 0 Å². The SMILES string of the molecule is Cc1nc(C(=O)N2CCN(c3ccc4c(c3)CCN(C3CCC3)CC4)CC2)c(-c2ccccc2)s1. The molecule has 3 heterocycles. The van der Waals surface area contributed by atoms with E-state index in [0.29, 0.717) is 5.69 Å². The van der Waals surface area contributed by atoms with Crippen molar-refractivity contribution in [1.82, 2.24) is 14.8 Å². The van der Waals surface area contributed by atoms with Crippen LogP contribution in [-0.4, -0.2) is 66.0 Å². The summed E-state index contributed by atoms with van der Waals surface area (Å²) in [4.78, 5) is 26.2. The molecule has 1 saturated heterocycles. The maximum Gasteiger partial charge on any atom is 0.274 e. The molecule has 0 unspecified atom stereocenters. The van der Waals surface area contributed by atoms with Gasteiger partial charge < -0.3 is 9.80 Å². The molecule has 0 spiro atoms. The number of hydrogen-bond donors (Lipinski definition) is 0. The molecule has 2 aliphatic heterocycles. The van der Waals surface area contributed by atoms with E-state index in [0.717, 1.165) is 54.1 Å². The van der Waals surface area contributed by atoms with Gasteiger partial charge in [0, 0.05) is 51.0 Å². The average molecular weight is 487 g/mol. The van der Waals surface area contributed by atoms with Gasteiger partial charge in [0.1, 0.15) is 5.69 Å². The molecule has 1 aliphatic carbocycles. The van der Waals surface area contributed by atoms with Crippen LogP contribution in [0.4, 0.5) is 5.69 Å². The van der Waals surface area contributed by atoms with Gasteiger partial charge in [-0.15, -0.1) is 11.3 Å². The lowest BCUT2D eigenvalue weighted by atomic mass is 9.91. The van der Waals surface area contributed by atoms with Crippen LogP contribution in [-0.2, 0) is 12.8 Å². The zero-order chi connectivity index (χ0) is 23.8. The first kappa shape index (κ1) is 22.7. The predicted molar refractivity (Wildman–Crippen MR) is 143 cm³/mol. The molecule has 3 aliphatic rings. The van der Waals surface area contributed by atoms with Crippen LogP contribution in [0, 0.1) is 6.92 Å². The van der Waals surface area contributed by atoms with Crippen molar-refractivity contribution in [3.8, 4) is 10.4 Å². The fraction of sp³-hybridized carbons (Fsp3) is 0.448. The predicted octanol–water partition coefficient (Wildman–Crippen LogP) is 5.03. The number of benzene rings is 2. The highest BCUT2D eigenvalue weighted by Gasteiger charge is 2.28. The molecule has 1 saturated carbocycles. The van der Waals surface area contributed by atoms with Crippen molar-refractivity contribution in [3.05, 3.63) is 70.4 Å². The van der Waals surface area contributed by atoms with E-state index < -0.39 is 0 Å². The summed E-state index contributed by atoms with van der Waals surface area (Å²) < 4.78 is 0. The van der Waals surface area contributed by atoms with E-state index in [9.17, 15) is 4.79 Å². The Bertz CT molecular complexity index is 1190. The van der Waals surface area contributed by atoms with Crippen molar-refractivity contribution in [2.24, 2.45) is 0 Å². The summed E-state index contributed by atoms with van der Waals surface area (Å²) in [5.74, 6) is 0.0610. The van der Waals surface area contributed by atoms with E-state index >= 15 is 0 Å². The van der Waals surface area contributed by atoms with Crippen LogP contribution < -0.4 is 4.90 Å². The number of aryl methyl sites for hydroxylation is 1.